The molecule has 2 atom stereocenters. The summed E-state index contributed by atoms with van der Waals surface area (Å²) in [5, 5.41) is 0. The summed E-state index contributed by atoms with van der Waals surface area (Å²) in [6.45, 7) is 11.4. The predicted molar refractivity (Wildman–Crippen MR) is 270 cm³/mol. The van der Waals surface area contributed by atoms with E-state index >= 15 is 0 Å². The van der Waals surface area contributed by atoms with Crippen LogP contribution < -0.4 is 0 Å². The monoisotopic (exact) mass is 891 g/mol. The van der Waals surface area contributed by atoms with Crippen LogP contribution in [0.25, 0.3) is 0 Å². The van der Waals surface area contributed by atoms with E-state index in [1.54, 1.807) is 0 Å². The second kappa shape index (κ2) is 49.8. The highest BCUT2D eigenvalue weighted by Crippen LogP contribution is 2.18. The van der Waals surface area contributed by atoms with Gasteiger partial charge in [0.1, 0.15) is 13.2 Å². The standard InChI is InChI=1S/C57H110O6/c1-6-8-9-10-11-12-13-21-27-32-37-42-47-55(58)61-50-54(51-62-56(59)48-43-38-33-28-24-23-26-31-36-41-46-53(5)7-2)63-57(60)49-44-39-34-29-22-19-17-15-14-16-18-20-25-30-35-40-45-52(3)4/h52-54H,6-51H2,1-5H3/t53?,54-/m0/s1. The van der Waals surface area contributed by atoms with E-state index in [1.165, 1.54) is 205 Å². The smallest absolute Gasteiger partial charge is 0.306 e. The van der Waals surface area contributed by atoms with Crippen molar-refractivity contribution in [3.8, 4) is 0 Å². The van der Waals surface area contributed by atoms with Gasteiger partial charge in [-0.1, -0.05) is 279 Å². The Hall–Kier alpha value is -1.59. The molecule has 0 aliphatic heterocycles. The number of hydrogen-bond donors (Lipinski definition) is 0. The minimum Gasteiger partial charge on any atom is -0.462 e. The van der Waals surface area contributed by atoms with Crippen LogP contribution in [-0.2, 0) is 28.6 Å². The number of hydrogen-bond acceptors (Lipinski definition) is 6. The summed E-state index contributed by atoms with van der Waals surface area (Å²) in [6, 6.07) is 0. The SMILES string of the molecule is CCCCCCCCCCCCCCC(=O)OC[C@@H](COC(=O)CCCCCCCCCCCCC(C)CC)OC(=O)CCCCCCCCCCCCCCCCCCC(C)C. The number of carbonyl (C=O) groups excluding carboxylic acids is 3. The van der Waals surface area contributed by atoms with Crippen molar-refractivity contribution < 1.29 is 28.6 Å². The third-order valence-electron chi connectivity index (χ3n) is 13.3. The average molecular weight is 892 g/mol. The first-order valence-corrected chi connectivity index (χ1v) is 28.3. The van der Waals surface area contributed by atoms with Gasteiger partial charge in [-0.05, 0) is 31.1 Å². The third kappa shape index (κ3) is 49.7. The van der Waals surface area contributed by atoms with Crippen LogP contribution in [0.3, 0.4) is 0 Å². The Labute approximate surface area is 393 Å². The maximum atomic E-state index is 12.8. The molecule has 0 rings (SSSR count). The molecule has 0 fully saturated rings. The Balaban J connectivity index is 4.28. The largest absolute Gasteiger partial charge is 0.462 e. The van der Waals surface area contributed by atoms with Crippen LogP contribution in [0.4, 0.5) is 0 Å². The van der Waals surface area contributed by atoms with Crippen molar-refractivity contribution in [1.82, 2.24) is 0 Å². The molecule has 0 bridgehead atoms. The van der Waals surface area contributed by atoms with Gasteiger partial charge < -0.3 is 14.2 Å². The zero-order valence-corrected chi connectivity index (χ0v) is 43.2. The van der Waals surface area contributed by atoms with Gasteiger partial charge in [-0.25, -0.2) is 0 Å². The van der Waals surface area contributed by atoms with E-state index in [2.05, 4.69) is 34.6 Å². The predicted octanol–water partition coefficient (Wildman–Crippen LogP) is 18.5. The van der Waals surface area contributed by atoms with Crippen LogP contribution in [0.5, 0.6) is 0 Å². The Kier molecular flexibility index (Phi) is 48.6. The molecule has 0 aliphatic carbocycles. The first-order valence-electron chi connectivity index (χ1n) is 28.3. The van der Waals surface area contributed by atoms with Gasteiger partial charge >= 0.3 is 17.9 Å². The maximum absolute atomic E-state index is 12.8. The second-order valence-electron chi connectivity index (χ2n) is 20.3. The van der Waals surface area contributed by atoms with E-state index in [9.17, 15) is 14.4 Å². The van der Waals surface area contributed by atoms with Crippen LogP contribution in [0.15, 0.2) is 0 Å². The Morgan fingerprint density at radius 2 is 0.603 bits per heavy atom. The van der Waals surface area contributed by atoms with Gasteiger partial charge in [0, 0.05) is 19.3 Å². The number of ether oxygens (including phenoxy) is 3. The fourth-order valence-corrected chi connectivity index (χ4v) is 8.66. The van der Waals surface area contributed by atoms with Gasteiger partial charge in [-0.15, -0.1) is 0 Å². The molecule has 0 aromatic rings. The highest BCUT2D eigenvalue weighted by molar-refractivity contribution is 5.71. The van der Waals surface area contributed by atoms with Crippen molar-refractivity contribution in [3.05, 3.63) is 0 Å². The van der Waals surface area contributed by atoms with Gasteiger partial charge in [0.05, 0.1) is 0 Å². The topological polar surface area (TPSA) is 78.9 Å². The summed E-state index contributed by atoms with van der Waals surface area (Å²) < 4.78 is 16.9. The molecule has 0 spiro atoms. The lowest BCUT2D eigenvalue weighted by Crippen LogP contribution is -2.30. The fraction of sp³-hybridized carbons (Fsp3) is 0.947. The van der Waals surface area contributed by atoms with Gasteiger partial charge in [0.2, 0.25) is 0 Å². The molecule has 63 heavy (non-hydrogen) atoms. The molecule has 0 aliphatic rings. The first kappa shape index (κ1) is 61.4. The van der Waals surface area contributed by atoms with E-state index in [-0.39, 0.29) is 31.1 Å². The highest BCUT2D eigenvalue weighted by atomic mass is 16.6. The van der Waals surface area contributed by atoms with Gasteiger partial charge in [-0.3, -0.25) is 14.4 Å². The summed E-state index contributed by atoms with van der Waals surface area (Å²) in [6.07, 6.45) is 52.3. The second-order valence-corrected chi connectivity index (χ2v) is 20.3. The van der Waals surface area contributed by atoms with Gasteiger partial charge in [0.15, 0.2) is 6.10 Å². The minimum absolute atomic E-state index is 0.0630. The quantitative estimate of drug-likeness (QED) is 0.0344. The van der Waals surface area contributed by atoms with E-state index in [4.69, 9.17) is 14.2 Å². The summed E-state index contributed by atoms with van der Waals surface area (Å²) in [5.41, 5.74) is 0. The molecule has 0 N–H and O–H groups in total. The van der Waals surface area contributed by atoms with Crippen molar-refractivity contribution in [2.45, 2.75) is 323 Å². The van der Waals surface area contributed by atoms with Crippen LogP contribution in [0.2, 0.25) is 0 Å². The number of carbonyl (C=O) groups is 3. The number of unbranched alkanes of at least 4 members (excludes halogenated alkanes) is 35. The summed E-state index contributed by atoms with van der Waals surface area (Å²) >= 11 is 0. The lowest BCUT2D eigenvalue weighted by Gasteiger charge is -2.18. The molecular weight excluding hydrogens is 781 g/mol. The van der Waals surface area contributed by atoms with E-state index in [0.29, 0.717) is 19.3 Å². The van der Waals surface area contributed by atoms with E-state index < -0.39 is 6.10 Å². The summed E-state index contributed by atoms with van der Waals surface area (Å²) in [7, 11) is 0. The molecule has 0 aromatic heterocycles. The summed E-state index contributed by atoms with van der Waals surface area (Å²) in [5.74, 6) is 0.880. The minimum atomic E-state index is -0.762. The van der Waals surface area contributed by atoms with Crippen molar-refractivity contribution >= 4 is 17.9 Å². The normalized spacial score (nSPS) is 12.5. The Morgan fingerprint density at radius 1 is 0.333 bits per heavy atom. The van der Waals surface area contributed by atoms with Gasteiger partial charge in [0.25, 0.3) is 0 Å². The van der Waals surface area contributed by atoms with Crippen LogP contribution in [0, 0.1) is 11.8 Å². The molecule has 0 saturated heterocycles. The zero-order valence-electron chi connectivity index (χ0n) is 43.2. The Morgan fingerprint density at radius 3 is 0.905 bits per heavy atom. The maximum Gasteiger partial charge on any atom is 0.306 e. The van der Waals surface area contributed by atoms with Crippen molar-refractivity contribution in [2.75, 3.05) is 13.2 Å². The average Bonchev–Trinajstić information content (AvgIpc) is 3.27. The van der Waals surface area contributed by atoms with Crippen molar-refractivity contribution in [3.63, 3.8) is 0 Å². The molecular formula is C57H110O6. The first-order chi connectivity index (χ1) is 30.8. The molecule has 0 radical (unpaired) electrons. The van der Waals surface area contributed by atoms with Crippen LogP contribution in [-0.4, -0.2) is 37.2 Å². The molecule has 374 valence electrons. The lowest BCUT2D eigenvalue weighted by molar-refractivity contribution is -0.167. The zero-order chi connectivity index (χ0) is 46.1. The number of esters is 3. The Bertz CT molecular complexity index is 964. The third-order valence-corrected chi connectivity index (χ3v) is 13.3. The lowest BCUT2D eigenvalue weighted by atomic mass is 9.99. The fourth-order valence-electron chi connectivity index (χ4n) is 8.66. The molecule has 0 saturated carbocycles. The molecule has 0 amide bonds. The molecule has 0 aromatic carbocycles. The van der Waals surface area contributed by atoms with Crippen molar-refractivity contribution in [2.24, 2.45) is 11.8 Å². The van der Waals surface area contributed by atoms with E-state index in [0.717, 1.165) is 69.6 Å². The van der Waals surface area contributed by atoms with Crippen LogP contribution in [0.1, 0.15) is 317 Å². The van der Waals surface area contributed by atoms with E-state index in [1.807, 2.05) is 0 Å². The molecule has 6 heteroatoms. The molecule has 0 heterocycles. The molecule has 1 unspecified atom stereocenters. The number of rotatable bonds is 51. The molecule has 6 nitrogen and oxygen atoms in total. The van der Waals surface area contributed by atoms with Gasteiger partial charge in [-0.2, -0.15) is 0 Å². The van der Waals surface area contributed by atoms with Crippen molar-refractivity contribution in [1.29, 1.82) is 0 Å². The summed E-state index contributed by atoms with van der Waals surface area (Å²) in [4.78, 5) is 38.1. The van der Waals surface area contributed by atoms with Crippen LogP contribution >= 0.6 is 0 Å². The highest BCUT2D eigenvalue weighted by Gasteiger charge is 2.19.